The SMILES string of the molecule is COc1ccc(OC)c(NC(=O)COc2c(-c3ccc(OC)c(OC)c3)oc3cc(C)cc(C)c3c2=O)c1. The molecule has 0 fully saturated rings. The predicted molar refractivity (Wildman–Crippen MR) is 144 cm³/mol. The van der Waals surface area contributed by atoms with Crippen molar-refractivity contribution in [2.24, 2.45) is 0 Å². The molecule has 1 heterocycles. The molecule has 0 saturated carbocycles. The molecule has 0 spiro atoms. The quantitative estimate of drug-likeness (QED) is 0.325. The summed E-state index contributed by atoms with van der Waals surface area (Å²) in [5.74, 6) is 1.52. The van der Waals surface area contributed by atoms with Gasteiger partial charge in [-0.25, -0.2) is 0 Å². The van der Waals surface area contributed by atoms with Gasteiger partial charge in [0, 0.05) is 11.6 Å². The van der Waals surface area contributed by atoms with Crippen LogP contribution in [0.3, 0.4) is 0 Å². The second kappa shape index (κ2) is 11.2. The first-order valence-electron chi connectivity index (χ1n) is 11.7. The first-order chi connectivity index (χ1) is 18.3. The lowest BCUT2D eigenvalue weighted by atomic mass is 10.0. The number of carbonyl (C=O) groups excluding carboxylic acids is 1. The van der Waals surface area contributed by atoms with E-state index in [1.54, 1.807) is 42.5 Å². The third-order valence-electron chi connectivity index (χ3n) is 5.97. The molecular weight excluding hydrogens is 490 g/mol. The number of carbonyl (C=O) groups is 1. The van der Waals surface area contributed by atoms with E-state index < -0.39 is 12.5 Å². The molecule has 0 unspecified atom stereocenters. The Labute approximate surface area is 219 Å². The van der Waals surface area contributed by atoms with Crippen LogP contribution in [0.15, 0.2) is 57.7 Å². The van der Waals surface area contributed by atoms with Crippen molar-refractivity contribution < 1.29 is 32.9 Å². The van der Waals surface area contributed by atoms with Gasteiger partial charge < -0.3 is 33.4 Å². The molecule has 4 rings (SSSR count). The smallest absolute Gasteiger partial charge is 0.262 e. The van der Waals surface area contributed by atoms with Crippen LogP contribution in [0.4, 0.5) is 5.69 Å². The monoisotopic (exact) mass is 519 g/mol. The fourth-order valence-electron chi connectivity index (χ4n) is 4.21. The van der Waals surface area contributed by atoms with Crippen LogP contribution in [0.1, 0.15) is 11.1 Å². The van der Waals surface area contributed by atoms with Gasteiger partial charge in [-0.15, -0.1) is 0 Å². The molecule has 0 aliphatic heterocycles. The molecule has 0 atom stereocenters. The van der Waals surface area contributed by atoms with Crippen molar-refractivity contribution in [1.29, 1.82) is 0 Å². The number of amides is 1. The van der Waals surface area contributed by atoms with Gasteiger partial charge in [0.05, 0.1) is 39.5 Å². The van der Waals surface area contributed by atoms with Gasteiger partial charge in [-0.2, -0.15) is 0 Å². The minimum Gasteiger partial charge on any atom is -0.497 e. The molecule has 0 aliphatic rings. The van der Waals surface area contributed by atoms with E-state index in [-0.39, 0.29) is 16.9 Å². The molecule has 3 aromatic carbocycles. The van der Waals surface area contributed by atoms with Gasteiger partial charge >= 0.3 is 0 Å². The Kier molecular flexibility index (Phi) is 7.76. The van der Waals surface area contributed by atoms with Crippen LogP contribution >= 0.6 is 0 Å². The third kappa shape index (κ3) is 5.22. The Bertz CT molecular complexity index is 1560. The van der Waals surface area contributed by atoms with Gasteiger partial charge in [0.25, 0.3) is 5.91 Å². The number of hydrogen-bond donors (Lipinski definition) is 1. The number of aryl methyl sites for hydroxylation is 2. The van der Waals surface area contributed by atoms with Gasteiger partial charge in [0.15, 0.2) is 23.9 Å². The summed E-state index contributed by atoms with van der Waals surface area (Å²) < 4.78 is 33.4. The highest BCUT2D eigenvalue weighted by Gasteiger charge is 2.22. The van der Waals surface area contributed by atoms with Crippen molar-refractivity contribution in [3.05, 3.63) is 69.9 Å². The van der Waals surface area contributed by atoms with Crippen molar-refractivity contribution in [3.63, 3.8) is 0 Å². The minimum atomic E-state index is -0.505. The Morgan fingerprint density at radius 2 is 1.55 bits per heavy atom. The number of nitrogens with one attached hydrogen (secondary N) is 1. The fraction of sp³-hybridized carbons (Fsp3) is 0.241. The largest absolute Gasteiger partial charge is 0.497 e. The lowest BCUT2D eigenvalue weighted by Crippen LogP contribution is -2.23. The number of hydrogen-bond acceptors (Lipinski definition) is 8. The summed E-state index contributed by atoms with van der Waals surface area (Å²) in [4.78, 5) is 26.5. The summed E-state index contributed by atoms with van der Waals surface area (Å²) >= 11 is 0. The number of methoxy groups -OCH3 is 4. The summed E-state index contributed by atoms with van der Waals surface area (Å²) in [5.41, 5.74) is 2.62. The Morgan fingerprint density at radius 3 is 2.24 bits per heavy atom. The predicted octanol–water partition coefficient (Wildman–Crippen LogP) is 5.13. The third-order valence-corrected chi connectivity index (χ3v) is 5.97. The van der Waals surface area contributed by atoms with E-state index in [1.807, 2.05) is 19.9 Å². The van der Waals surface area contributed by atoms with Crippen molar-refractivity contribution in [2.75, 3.05) is 40.4 Å². The molecule has 0 saturated heterocycles. The number of ether oxygens (including phenoxy) is 5. The maximum Gasteiger partial charge on any atom is 0.262 e. The highest BCUT2D eigenvalue weighted by atomic mass is 16.5. The normalized spacial score (nSPS) is 10.7. The average Bonchev–Trinajstić information content (AvgIpc) is 2.91. The minimum absolute atomic E-state index is 0.0931. The van der Waals surface area contributed by atoms with E-state index >= 15 is 0 Å². The lowest BCUT2D eigenvalue weighted by Gasteiger charge is -2.15. The Balaban J connectivity index is 1.75. The zero-order valence-corrected chi connectivity index (χ0v) is 22.1. The van der Waals surface area contributed by atoms with Crippen molar-refractivity contribution in [1.82, 2.24) is 0 Å². The van der Waals surface area contributed by atoms with E-state index in [0.29, 0.717) is 45.2 Å². The van der Waals surface area contributed by atoms with Crippen LogP contribution in [0, 0.1) is 13.8 Å². The molecule has 0 radical (unpaired) electrons. The zero-order chi connectivity index (χ0) is 27.4. The fourth-order valence-corrected chi connectivity index (χ4v) is 4.21. The molecule has 1 amide bonds. The van der Waals surface area contributed by atoms with E-state index in [1.165, 1.54) is 28.4 Å². The number of fused-ring (bicyclic) bond motifs is 1. The average molecular weight is 520 g/mol. The highest BCUT2D eigenvalue weighted by Crippen LogP contribution is 2.37. The Morgan fingerprint density at radius 1 is 0.842 bits per heavy atom. The number of rotatable bonds is 9. The van der Waals surface area contributed by atoms with Gasteiger partial charge in [0.2, 0.25) is 11.2 Å². The Hall–Kier alpha value is -4.66. The van der Waals surface area contributed by atoms with Crippen molar-refractivity contribution in [2.45, 2.75) is 13.8 Å². The second-order valence-electron chi connectivity index (χ2n) is 8.52. The second-order valence-corrected chi connectivity index (χ2v) is 8.52. The van der Waals surface area contributed by atoms with Crippen molar-refractivity contribution in [3.8, 4) is 40.1 Å². The topological polar surface area (TPSA) is 105 Å². The summed E-state index contributed by atoms with van der Waals surface area (Å²) in [5, 5.41) is 3.12. The van der Waals surface area contributed by atoms with Crippen LogP contribution in [0.5, 0.6) is 28.7 Å². The molecule has 9 heteroatoms. The summed E-state index contributed by atoms with van der Waals surface area (Å²) in [6, 6.07) is 13.8. The van der Waals surface area contributed by atoms with Crippen LogP contribution in [0.25, 0.3) is 22.3 Å². The van der Waals surface area contributed by atoms with Crippen LogP contribution in [-0.2, 0) is 4.79 Å². The van der Waals surface area contributed by atoms with E-state index in [4.69, 9.17) is 28.1 Å². The summed E-state index contributed by atoms with van der Waals surface area (Å²) in [7, 11) is 6.06. The standard InChI is InChI=1S/C29H29NO8/c1-16-11-17(2)26-24(12-16)38-28(18-7-9-22(35-5)23(13-18)36-6)29(27(26)32)37-15-25(31)30-20-14-19(33-3)8-10-21(20)34-4/h7-14H,15H2,1-6H3,(H,30,31). The summed E-state index contributed by atoms with van der Waals surface area (Å²) in [6.07, 6.45) is 0. The highest BCUT2D eigenvalue weighted by molar-refractivity contribution is 5.94. The van der Waals surface area contributed by atoms with Crippen LogP contribution < -0.4 is 34.4 Å². The molecule has 0 aliphatic carbocycles. The van der Waals surface area contributed by atoms with Gasteiger partial charge in [-0.05, 0) is 61.4 Å². The van der Waals surface area contributed by atoms with Crippen molar-refractivity contribution >= 4 is 22.6 Å². The number of anilines is 1. The molecular formula is C29H29NO8. The molecule has 38 heavy (non-hydrogen) atoms. The summed E-state index contributed by atoms with van der Waals surface area (Å²) in [6.45, 7) is 3.29. The van der Waals surface area contributed by atoms with E-state index in [9.17, 15) is 9.59 Å². The zero-order valence-electron chi connectivity index (χ0n) is 22.1. The van der Waals surface area contributed by atoms with Gasteiger partial charge in [-0.3, -0.25) is 9.59 Å². The molecule has 1 aromatic heterocycles. The molecule has 4 aromatic rings. The molecule has 1 N–H and O–H groups in total. The maximum atomic E-state index is 13.7. The molecule has 9 nitrogen and oxygen atoms in total. The van der Waals surface area contributed by atoms with E-state index in [0.717, 1.165) is 11.1 Å². The van der Waals surface area contributed by atoms with Gasteiger partial charge in [-0.1, -0.05) is 6.07 Å². The van der Waals surface area contributed by atoms with Crippen LogP contribution in [0.2, 0.25) is 0 Å². The van der Waals surface area contributed by atoms with Gasteiger partial charge in [0.1, 0.15) is 17.1 Å². The first-order valence-corrected chi connectivity index (χ1v) is 11.7. The molecule has 0 bridgehead atoms. The number of benzene rings is 3. The molecule has 198 valence electrons. The lowest BCUT2D eigenvalue weighted by molar-refractivity contribution is -0.118. The first kappa shape index (κ1) is 26.4. The van der Waals surface area contributed by atoms with Crippen LogP contribution in [-0.4, -0.2) is 41.0 Å². The maximum absolute atomic E-state index is 13.7. The van der Waals surface area contributed by atoms with E-state index in [2.05, 4.69) is 5.32 Å².